The van der Waals surface area contributed by atoms with Gasteiger partial charge >= 0.3 is 0 Å². The normalized spacial score (nSPS) is 10.6. The summed E-state index contributed by atoms with van der Waals surface area (Å²) in [4.78, 5) is 6.59. The highest BCUT2D eigenvalue weighted by Gasteiger charge is 2.10. The van der Waals surface area contributed by atoms with Gasteiger partial charge in [0.05, 0.1) is 0 Å². The zero-order chi connectivity index (χ0) is 13.0. The van der Waals surface area contributed by atoms with Crippen LogP contribution in [0.3, 0.4) is 0 Å². The van der Waals surface area contributed by atoms with E-state index in [1.165, 1.54) is 11.5 Å². The van der Waals surface area contributed by atoms with E-state index in [0.717, 1.165) is 35.0 Å². The average Bonchev–Trinajstić information content (AvgIpc) is 2.87. The first kappa shape index (κ1) is 13.0. The number of anilines is 2. The Morgan fingerprint density at radius 2 is 2.22 bits per heavy atom. The molecule has 2 aromatic rings. The van der Waals surface area contributed by atoms with Crippen molar-refractivity contribution in [2.75, 3.05) is 11.9 Å². The molecule has 0 radical (unpaired) electrons. The Balaban J connectivity index is 2.20. The van der Waals surface area contributed by atoms with Gasteiger partial charge in [0.25, 0.3) is 0 Å². The fraction of sp³-hybridized carbons (Fsp3) is 0.385. The number of nitrogens with zero attached hydrogens (tertiary/aromatic N) is 3. The second-order valence-electron chi connectivity index (χ2n) is 4.18. The first-order valence-electron chi connectivity index (χ1n) is 6.10. The summed E-state index contributed by atoms with van der Waals surface area (Å²) in [6.45, 7) is 2.69. The molecule has 0 bridgehead atoms. The SMILES string of the molecule is CCCc1nsc(N(C)c2cccc(CN)c2)n1. The molecule has 0 aliphatic carbocycles. The van der Waals surface area contributed by atoms with Crippen molar-refractivity contribution in [3.05, 3.63) is 35.7 Å². The first-order valence-corrected chi connectivity index (χ1v) is 6.87. The number of benzene rings is 1. The van der Waals surface area contributed by atoms with Gasteiger partial charge in [0.15, 0.2) is 0 Å². The van der Waals surface area contributed by atoms with Gasteiger partial charge in [0.1, 0.15) is 5.82 Å². The molecule has 0 unspecified atom stereocenters. The lowest BCUT2D eigenvalue weighted by atomic mass is 10.2. The maximum atomic E-state index is 5.66. The quantitative estimate of drug-likeness (QED) is 0.900. The van der Waals surface area contributed by atoms with Gasteiger partial charge in [-0.2, -0.15) is 4.37 Å². The third-order valence-electron chi connectivity index (χ3n) is 2.75. The fourth-order valence-electron chi connectivity index (χ4n) is 1.71. The minimum Gasteiger partial charge on any atom is -0.326 e. The van der Waals surface area contributed by atoms with Crippen LogP contribution in [0, 0.1) is 0 Å². The second kappa shape index (κ2) is 5.93. The lowest BCUT2D eigenvalue weighted by Gasteiger charge is -2.15. The average molecular weight is 262 g/mol. The van der Waals surface area contributed by atoms with Crippen molar-refractivity contribution in [1.29, 1.82) is 0 Å². The van der Waals surface area contributed by atoms with E-state index < -0.39 is 0 Å². The Morgan fingerprint density at radius 1 is 1.39 bits per heavy atom. The number of aromatic nitrogens is 2. The van der Waals surface area contributed by atoms with Crippen LogP contribution in [0.15, 0.2) is 24.3 Å². The molecule has 0 saturated heterocycles. The van der Waals surface area contributed by atoms with Crippen LogP contribution in [0.4, 0.5) is 10.8 Å². The van der Waals surface area contributed by atoms with Gasteiger partial charge in [-0.05, 0) is 24.1 Å². The van der Waals surface area contributed by atoms with Crippen LogP contribution in [0.2, 0.25) is 0 Å². The predicted molar refractivity (Wildman–Crippen MR) is 76.3 cm³/mol. The topological polar surface area (TPSA) is 55.0 Å². The molecule has 4 nitrogen and oxygen atoms in total. The molecular formula is C13H18N4S. The zero-order valence-corrected chi connectivity index (χ0v) is 11.6. The van der Waals surface area contributed by atoms with Crippen LogP contribution in [-0.4, -0.2) is 16.4 Å². The number of nitrogens with two attached hydrogens (primary N) is 1. The van der Waals surface area contributed by atoms with E-state index in [-0.39, 0.29) is 0 Å². The summed E-state index contributed by atoms with van der Waals surface area (Å²) in [6.07, 6.45) is 2.01. The third kappa shape index (κ3) is 2.86. The Labute approximate surface area is 112 Å². The molecule has 0 amide bonds. The van der Waals surface area contributed by atoms with Crippen LogP contribution < -0.4 is 10.6 Å². The number of rotatable bonds is 5. The minimum absolute atomic E-state index is 0.554. The molecule has 0 spiro atoms. The molecular weight excluding hydrogens is 244 g/mol. The van der Waals surface area contributed by atoms with Gasteiger partial charge in [0.2, 0.25) is 5.13 Å². The van der Waals surface area contributed by atoms with Crippen LogP contribution in [0.5, 0.6) is 0 Å². The lowest BCUT2D eigenvalue weighted by molar-refractivity contribution is 0.859. The summed E-state index contributed by atoms with van der Waals surface area (Å²) in [5.74, 6) is 0.930. The molecule has 96 valence electrons. The zero-order valence-electron chi connectivity index (χ0n) is 10.8. The Kier molecular flexibility index (Phi) is 4.28. The molecule has 18 heavy (non-hydrogen) atoms. The van der Waals surface area contributed by atoms with Crippen LogP contribution >= 0.6 is 11.5 Å². The molecule has 0 atom stereocenters. The van der Waals surface area contributed by atoms with E-state index >= 15 is 0 Å². The summed E-state index contributed by atoms with van der Waals surface area (Å²) in [7, 11) is 2.01. The first-order chi connectivity index (χ1) is 8.74. The lowest BCUT2D eigenvalue weighted by Crippen LogP contribution is -2.10. The number of hydrogen-bond acceptors (Lipinski definition) is 5. The molecule has 0 aliphatic rings. The fourth-order valence-corrected chi connectivity index (χ4v) is 2.40. The molecule has 2 N–H and O–H groups in total. The molecule has 0 saturated carbocycles. The smallest absolute Gasteiger partial charge is 0.209 e. The Bertz CT molecular complexity index is 509. The minimum atomic E-state index is 0.554. The largest absolute Gasteiger partial charge is 0.326 e. The summed E-state index contributed by atoms with van der Waals surface area (Å²) in [5, 5.41) is 0.924. The molecule has 1 aromatic heterocycles. The van der Waals surface area contributed by atoms with Gasteiger partial charge in [-0.25, -0.2) is 4.98 Å². The standard InChI is InChI=1S/C13H18N4S/c1-3-5-12-15-13(18-16-12)17(2)11-7-4-6-10(8-11)9-14/h4,6-8H,3,5,9,14H2,1-2H3. The van der Waals surface area contributed by atoms with Crippen molar-refractivity contribution in [2.45, 2.75) is 26.3 Å². The second-order valence-corrected chi connectivity index (χ2v) is 4.91. The maximum absolute atomic E-state index is 5.66. The summed E-state index contributed by atoms with van der Waals surface area (Å²) >= 11 is 1.44. The van der Waals surface area contributed by atoms with E-state index in [0.29, 0.717) is 6.54 Å². The van der Waals surface area contributed by atoms with Gasteiger partial charge in [-0.3, -0.25) is 0 Å². The molecule has 0 fully saturated rings. The van der Waals surface area contributed by atoms with E-state index in [1.807, 2.05) is 19.2 Å². The van der Waals surface area contributed by atoms with Crippen molar-refractivity contribution in [2.24, 2.45) is 5.73 Å². The summed E-state index contributed by atoms with van der Waals surface area (Å²) in [6, 6.07) is 8.18. The summed E-state index contributed by atoms with van der Waals surface area (Å²) < 4.78 is 4.36. The van der Waals surface area contributed by atoms with Crippen LogP contribution in [0.25, 0.3) is 0 Å². The van der Waals surface area contributed by atoms with Crippen molar-refractivity contribution < 1.29 is 0 Å². The Morgan fingerprint density at radius 3 is 2.94 bits per heavy atom. The highest BCUT2D eigenvalue weighted by molar-refractivity contribution is 7.09. The monoisotopic (exact) mass is 262 g/mol. The van der Waals surface area contributed by atoms with Crippen molar-refractivity contribution in [1.82, 2.24) is 9.36 Å². The number of aryl methyl sites for hydroxylation is 1. The molecule has 1 aromatic carbocycles. The van der Waals surface area contributed by atoms with Crippen molar-refractivity contribution in [3.63, 3.8) is 0 Å². The Hall–Kier alpha value is -1.46. The van der Waals surface area contributed by atoms with Crippen molar-refractivity contribution >= 4 is 22.4 Å². The molecule has 1 heterocycles. The van der Waals surface area contributed by atoms with Gasteiger partial charge < -0.3 is 10.6 Å². The summed E-state index contributed by atoms with van der Waals surface area (Å²) in [5.41, 5.74) is 7.87. The molecule has 5 heteroatoms. The van der Waals surface area contributed by atoms with E-state index in [9.17, 15) is 0 Å². The highest BCUT2D eigenvalue weighted by Crippen LogP contribution is 2.25. The van der Waals surface area contributed by atoms with Gasteiger partial charge in [0, 0.05) is 37.2 Å². The molecule has 0 aliphatic heterocycles. The van der Waals surface area contributed by atoms with Crippen LogP contribution in [0.1, 0.15) is 24.7 Å². The highest BCUT2D eigenvalue weighted by atomic mass is 32.1. The van der Waals surface area contributed by atoms with Crippen LogP contribution in [-0.2, 0) is 13.0 Å². The van der Waals surface area contributed by atoms with E-state index in [2.05, 4.69) is 33.3 Å². The predicted octanol–water partition coefficient (Wildman–Crippen LogP) is 2.72. The third-order valence-corrected chi connectivity index (χ3v) is 3.58. The maximum Gasteiger partial charge on any atom is 0.209 e. The number of hydrogen-bond donors (Lipinski definition) is 1. The van der Waals surface area contributed by atoms with Gasteiger partial charge in [-0.15, -0.1) is 0 Å². The van der Waals surface area contributed by atoms with E-state index in [1.54, 1.807) is 0 Å². The van der Waals surface area contributed by atoms with E-state index in [4.69, 9.17) is 5.73 Å². The molecule has 2 rings (SSSR count). The van der Waals surface area contributed by atoms with Gasteiger partial charge in [-0.1, -0.05) is 19.1 Å². The van der Waals surface area contributed by atoms with Crippen molar-refractivity contribution in [3.8, 4) is 0 Å².